The number of carboxylic acids is 1. The van der Waals surface area contributed by atoms with E-state index in [1.54, 1.807) is 55.5 Å². The van der Waals surface area contributed by atoms with E-state index in [1.807, 2.05) is 13.8 Å². The molecule has 1 saturated carbocycles. The van der Waals surface area contributed by atoms with Crippen molar-refractivity contribution in [1.82, 2.24) is 0 Å². The van der Waals surface area contributed by atoms with Gasteiger partial charge in [0.05, 0.1) is 35.7 Å². The lowest BCUT2D eigenvalue weighted by molar-refractivity contribution is -0.206. The van der Waals surface area contributed by atoms with Crippen molar-refractivity contribution in [2.24, 2.45) is 11.8 Å². The van der Waals surface area contributed by atoms with E-state index in [0.29, 0.717) is 23.6 Å². The molecular formula is C33H44BrClO10. The van der Waals surface area contributed by atoms with Crippen LogP contribution in [0, 0.1) is 11.8 Å². The van der Waals surface area contributed by atoms with Gasteiger partial charge < -0.3 is 39.8 Å². The smallest absolute Gasteiger partial charge is 0.331 e. The zero-order chi connectivity index (χ0) is 33.7. The molecule has 0 aromatic heterocycles. The summed E-state index contributed by atoms with van der Waals surface area (Å²) in [6, 6.07) is 0. The number of aliphatic hydroxyl groups excluding tert-OH is 4. The maximum absolute atomic E-state index is 12.1. The Morgan fingerprint density at radius 1 is 1.09 bits per heavy atom. The summed E-state index contributed by atoms with van der Waals surface area (Å²) in [7, 11) is 0. The molecule has 1 aliphatic heterocycles. The molecule has 0 bridgehead atoms. The molecule has 0 aromatic carbocycles. The van der Waals surface area contributed by atoms with E-state index in [9.17, 15) is 34.8 Å². The number of allylic oxidation sites excluding steroid dienone is 9. The van der Waals surface area contributed by atoms with Gasteiger partial charge in [0, 0.05) is 29.3 Å². The summed E-state index contributed by atoms with van der Waals surface area (Å²) in [6.07, 6.45) is 11.2. The minimum atomic E-state index is -1.84. The predicted molar refractivity (Wildman–Crippen MR) is 174 cm³/mol. The Balaban J connectivity index is 1.94. The fourth-order valence-electron chi connectivity index (χ4n) is 5.06. The summed E-state index contributed by atoms with van der Waals surface area (Å²) >= 11 is 9.70. The molecule has 0 spiro atoms. The number of halogens is 2. The molecule has 0 amide bonds. The van der Waals surface area contributed by atoms with Gasteiger partial charge >= 0.3 is 11.9 Å². The molecule has 12 heteroatoms. The number of hydrogen-bond donors (Lipinski definition) is 5. The van der Waals surface area contributed by atoms with Crippen LogP contribution in [0.1, 0.15) is 52.9 Å². The summed E-state index contributed by atoms with van der Waals surface area (Å²) in [4.78, 5) is 35.4. The lowest BCUT2D eigenvalue weighted by atomic mass is 9.80. The van der Waals surface area contributed by atoms with E-state index >= 15 is 0 Å². The Morgan fingerprint density at radius 2 is 1.76 bits per heavy atom. The summed E-state index contributed by atoms with van der Waals surface area (Å²) in [6.45, 7) is 5.41. The van der Waals surface area contributed by atoms with Gasteiger partial charge in [0.2, 0.25) is 0 Å². The molecular weight excluding hydrogens is 672 g/mol. The van der Waals surface area contributed by atoms with Crippen LogP contribution in [-0.4, -0.2) is 91.4 Å². The second kappa shape index (κ2) is 18.7. The van der Waals surface area contributed by atoms with Crippen LogP contribution in [-0.2, 0) is 23.9 Å². The molecule has 4 unspecified atom stereocenters. The standard InChI is InChI=1S/C33H44BrClO10/c1-4-5-13-26-29(35)25(38)18-33(19-36,45-26)31(41)30(40)21(3)23(34)12-8-6-10-20(2)11-7-9-14-28(39)44-27-17-22(32(42)43)15-16-24(27)37/h5-14,19,21-22,24-27,29-31,37-38,40-41H,4,15-18H2,1-3H3,(H,42,43)/b8-6+,11-7+,13-5+,14-9+,20-10+,23-12-/t21-,22+,24+,25?,26?,27-,29?,30-,31+,33?/m1/s1. The van der Waals surface area contributed by atoms with E-state index in [0.717, 1.165) is 5.57 Å². The second-order valence-corrected chi connectivity index (χ2v) is 12.8. The van der Waals surface area contributed by atoms with Crippen LogP contribution < -0.4 is 0 Å². The number of rotatable bonds is 14. The first kappa shape index (κ1) is 38.8. The molecule has 2 rings (SSSR count). The Morgan fingerprint density at radius 3 is 2.40 bits per heavy atom. The first-order valence-corrected chi connectivity index (χ1v) is 16.1. The molecule has 1 saturated heterocycles. The zero-order valence-corrected chi connectivity index (χ0v) is 28.0. The molecule has 10 nitrogen and oxygen atoms in total. The van der Waals surface area contributed by atoms with Crippen LogP contribution in [0.25, 0.3) is 0 Å². The number of carbonyl (C=O) groups excluding carboxylic acids is 2. The fourth-order valence-corrected chi connectivity index (χ4v) is 5.71. The Bertz CT molecular complexity index is 1190. The summed E-state index contributed by atoms with van der Waals surface area (Å²) in [5.74, 6) is -2.92. The monoisotopic (exact) mass is 714 g/mol. The molecule has 5 N–H and O–H groups in total. The number of hydrogen-bond acceptors (Lipinski definition) is 9. The molecule has 0 radical (unpaired) electrons. The van der Waals surface area contributed by atoms with Gasteiger partial charge in [0.1, 0.15) is 12.2 Å². The summed E-state index contributed by atoms with van der Waals surface area (Å²) < 4.78 is 11.6. The van der Waals surface area contributed by atoms with Crippen LogP contribution in [0.2, 0.25) is 0 Å². The SMILES string of the molecule is CC/C=C/C1OC(C=O)([C@@H](O)[C@H](O)[C@H](C)/C(Br)=C/C=C/C=C(C)/C=C/C=C/C(=O)O[C@@H]2C[C@@H](C(=O)O)CC[C@@H]2O)CC(O)C1Cl. The van der Waals surface area contributed by atoms with Crippen LogP contribution in [0.4, 0.5) is 0 Å². The van der Waals surface area contributed by atoms with Crippen molar-refractivity contribution in [3.8, 4) is 0 Å². The van der Waals surface area contributed by atoms with E-state index < -0.39 is 71.4 Å². The number of aldehydes is 1. The van der Waals surface area contributed by atoms with Crippen molar-refractivity contribution >= 4 is 45.8 Å². The first-order valence-electron chi connectivity index (χ1n) is 14.9. The third kappa shape index (κ3) is 11.4. The highest BCUT2D eigenvalue weighted by molar-refractivity contribution is 9.11. The van der Waals surface area contributed by atoms with Crippen molar-refractivity contribution in [2.45, 2.75) is 100 Å². The maximum atomic E-state index is 12.1. The third-order valence-corrected chi connectivity index (χ3v) is 9.43. The average Bonchev–Trinajstić information content (AvgIpc) is 3.01. The van der Waals surface area contributed by atoms with E-state index in [-0.39, 0.29) is 19.3 Å². The fraction of sp³-hybridized carbons (Fsp3) is 0.545. The number of ether oxygens (including phenoxy) is 2. The zero-order valence-electron chi connectivity index (χ0n) is 25.6. The van der Waals surface area contributed by atoms with Gasteiger partial charge in [0.15, 0.2) is 11.9 Å². The number of alkyl halides is 1. The van der Waals surface area contributed by atoms with Crippen LogP contribution in [0.5, 0.6) is 0 Å². The van der Waals surface area contributed by atoms with Gasteiger partial charge in [-0.2, -0.15) is 0 Å². The topological polar surface area (TPSA) is 171 Å². The predicted octanol–water partition coefficient (Wildman–Crippen LogP) is 4.06. The largest absolute Gasteiger partial charge is 0.481 e. The van der Waals surface area contributed by atoms with Gasteiger partial charge in [-0.15, -0.1) is 11.6 Å². The normalized spacial score (nSPS) is 32.3. The first-order chi connectivity index (χ1) is 21.3. The number of aliphatic carboxylic acids is 1. The van der Waals surface area contributed by atoms with Gasteiger partial charge in [-0.1, -0.05) is 90.0 Å². The van der Waals surface area contributed by atoms with Gasteiger partial charge in [-0.05, 0) is 26.2 Å². The molecule has 1 heterocycles. The quantitative estimate of drug-likeness (QED) is 0.0442. The Kier molecular flexibility index (Phi) is 16.1. The lowest BCUT2D eigenvalue weighted by Crippen LogP contribution is -2.62. The maximum Gasteiger partial charge on any atom is 0.331 e. The molecule has 10 atom stereocenters. The van der Waals surface area contributed by atoms with Crippen molar-refractivity contribution in [2.75, 3.05) is 0 Å². The second-order valence-electron chi connectivity index (χ2n) is 11.4. The molecule has 2 aliphatic rings. The van der Waals surface area contributed by atoms with E-state index in [1.165, 1.54) is 12.2 Å². The van der Waals surface area contributed by atoms with Gasteiger partial charge in [0.25, 0.3) is 0 Å². The Hall–Kier alpha value is -2.38. The van der Waals surface area contributed by atoms with Crippen LogP contribution >= 0.6 is 27.5 Å². The van der Waals surface area contributed by atoms with Crippen molar-refractivity contribution in [3.63, 3.8) is 0 Å². The summed E-state index contributed by atoms with van der Waals surface area (Å²) in [5.41, 5.74) is -1.00. The highest BCUT2D eigenvalue weighted by atomic mass is 79.9. The summed E-state index contributed by atoms with van der Waals surface area (Å²) in [5, 5.41) is 50.8. The molecule has 1 aliphatic carbocycles. The number of aliphatic hydroxyl groups is 4. The van der Waals surface area contributed by atoms with Gasteiger partial charge in [-0.25, -0.2) is 4.79 Å². The molecule has 45 heavy (non-hydrogen) atoms. The molecule has 2 fully saturated rings. The van der Waals surface area contributed by atoms with Gasteiger partial charge in [-0.3, -0.25) is 4.79 Å². The highest BCUT2D eigenvalue weighted by Gasteiger charge is 2.52. The minimum Gasteiger partial charge on any atom is -0.481 e. The third-order valence-electron chi connectivity index (χ3n) is 7.90. The van der Waals surface area contributed by atoms with Crippen molar-refractivity contribution in [3.05, 3.63) is 70.8 Å². The van der Waals surface area contributed by atoms with Crippen molar-refractivity contribution in [1.29, 1.82) is 0 Å². The van der Waals surface area contributed by atoms with E-state index in [4.69, 9.17) is 26.2 Å². The number of esters is 1. The molecule has 250 valence electrons. The van der Waals surface area contributed by atoms with Crippen LogP contribution in [0.3, 0.4) is 0 Å². The lowest BCUT2D eigenvalue weighted by Gasteiger charge is -2.45. The van der Waals surface area contributed by atoms with Crippen molar-refractivity contribution < 1.29 is 49.4 Å². The number of carboxylic acid groups (broad SMARTS) is 1. The number of carbonyl (C=O) groups is 3. The minimum absolute atomic E-state index is 0.0767. The molecule has 0 aromatic rings. The Labute approximate surface area is 277 Å². The highest BCUT2D eigenvalue weighted by Crippen LogP contribution is 2.37. The van der Waals surface area contributed by atoms with E-state index in [2.05, 4.69) is 15.9 Å². The average molecular weight is 716 g/mol. The van der Waals surface area contributed by atoms with Crippen LogP contribution in [0.15, 0.2) is 70.8 Å².